The number of hydrogen-bond donors (Lipinski definition) is 0. The molecule has 0 radical (unpaired) electrons. The minimum absolute atomic E-state index is 0.0942. The Morgan fingerprint density at radius 3 is 1.42 bits per heavy atom. The molecule has 0 N–H and O–H groups in total. The van der Waals surface area contributed by atoms with Gasteiger partial charge in [0.1, 0.15) is 23.0 Å². The van der Waals surface area contributed by atoms with Gasteiger partial charge in [0.05, 0.1) is 16.8 Å². The molecule has 4 amide bonds. The first kappa shape index (κ1) is 46.5. The van der Waals surface area contributed by atoms with Crippen molar-refractivity contribution in [3.8, 4) is 34.1 Å². The highest BCUT2D eigenvalue weighted by atomic mass is 16.5. The van der Waals surface area contributed by atoms with E-state index in [1.807, 2.05) is 109 Å². The topological polar surface area (TPSA) is 93.2 Å². The third-order valence-corrected chi connectivity index (χ3v) is 15.0. The summed E-state index contributed by atoms with van der Waals surface area (Å²) < 4.78 is 14.0. The van der Waals surface area contributed by atoms with Crippen molar-refractivity contribution >= 4 is 72.4 Å². The number of hydrogen-bond acceptors (Lipinski definition) is 6. The first-order chi connectivity index (χ1) is 34.5. The van der Waals surface area contributed by atoms with Crippen molar-refractivity contribution in [1.29, 1.82) is 0 Å². The first-order valence-corrected chi connectivity index (χ1v) is 25.3. The number of imide groups is 2. The summed E-state index contributed by atoms with van der Waals surface area (Å²) in [6, 6.07) is 44.4. The van der Waals surface area contributed by atoms with E-state index in [4.69, 9.17) is 9.47 Å². The summed E-state index contributed by atoms with van der Waals surface area (Å²) in [7, 11) is 0. The molecule has 2 aliphatic heterocycles. The molecule has 2 aliphatic rings. The maximum Gasteiger partial charge on any atom is 0.266 e. The monoisotopic (exact) mass is 950 g/mol. The second kappa shape index (κ2) is 17.5. The second-order valence-electron chi connectivity index (χ2n) is 21.7. The highest BCUT2D eigenvalue weighted by molar-refractivity contribution is 6.45. The van der Waals surface area contributed by atoms with Gasteiger partial charge in [0.2, 0.25) is 0 Å². The lowest BCUT2D eigenvalue weighted by atomic mass is 9.81. The molecular formula is C64H58N2O6. The summed E-state index contributed by atoms with van der Waals surface area (Å²) in [6.45, 7) is 17.5. The van der Waals surface area contributed by atoms with Crippen molar-refractivity contribution < 1.29 is 28.7 Å². The van der Waals surface area contributed by atoms with E-state index in [0.29, 0.717) is 101 Å². The SMILES string of the molecule is CCCCC(CC)CN1C(=O)c2ccc3c4c(Oc5ccc(C(C)(C)C)cc5)cc5c6c(ccc(c7c(Oc8ccc(C(C)(C)C)cc8)cc(c2c37)C1=O)c64)C(=O)N(c1ccc(-c2ccccc2)cc1)C5=O. The van der Waals surface area contributed by atoms with Crippen LogP contribution in [0.1, 0.15) is 134 Å². The van der Waals surface area contributed by atoms with E-state index in [1.54, 1.807) is 18.2 Å². The molecule has 1 atom stereocenters. The van der Waals surface area contributed by atoms with E-state index in [-0.39, 0.29) is 28.6 Å². The van der Waals surface area contributed by atoms with Crippen LogP contribution in [0.15, 0.2) is 140 Å². The molecule has 9 aromatic rings. The van der Waals surface area contributed by atoms with Crippen LogP contribution in [0.2, 0.25) is 0 Å². The highest BCUT2D eigenvalue weighted by Crippen LogP contribution is 2.53. The Hall–Kier alpha value is -7.84. The predicted octanol–water partition coefficient (Wildman–Crippen LogP) is 16.2. The van der Waals surface area contributed by atoms with Crippen LogP contribution in [0, 0.1) is 5.92 Å². The molecule has 0 saturated heterocycles. The van der Waals surface area contributed by atoms with Crippen LogP contribution < -0.4 is 14.4 Å². The molecule has 0 aromatic heterocycles. The summed E-state index contributed by atoms with van der Waals surface area (Å²) in [5.74, 6) is 0.472. The fourth-order valence-corrected chi connectivity index (χ4v) is 10.9. The van der Waals surface area contributed by atoms with E-state index < -0.39 is 11.8 Å². The number of benzene rings is 9. The minimum atomic E-state index is -0.483. The zero-order chi connectivity index (χ0) is 50.4. The average molecular weight is 951 g/mol. The standard InChI is InChI=1S/C64H58N2O6/c1-9-11-15-37(10-2)36-65-59(67)47-32-30-45-56-52(72-44-28-22-41(23-29-44)64(6,7)8)35-50-54-48(61(69)66(62(50)70)42-24-18-39(19-25-42)38-16-13-12-14-17-38)33-31-46(58(54)56)55-51(34-49(60(65)68)53(47)57(45)55)71-43-26-20-40(21-27-43)63(3,4)5/h12-14,16-35,37H,9-11,15,36H2,1-8H3. The van der Waals surface area contributed by atoms with Crippen LogP contribution in [0.4, 0.5) is 5.69 Å². The molecule has 0 saturated carbocycles. The van der Waals surface area contributed by atoms with E-state index in [9.17, 15) is 9.59 Å². The Morgan fingerprint density at radius 1 is 0.472 bits per heavy atom. The zero-order valence-electron chi connectivity index (χ0n) is 42.2. The number of nitrogens with zero attached hydrogens (tertiary/aromatic N) is 2. The molecule has 72 heavy (non-hydrogen) atoms. The number of carbonyl (C=O) groups excluding carboxylic acids is 4. The third kappa shape index (κ3) is 7.67. The number of unbranched alkanes of at least 4 members (excludes halogenated alkanes) is 1. The Labute approximate surface area is 420 Å². The fraction of sp³-hybridized carbons (Fsp3) is 0.250. The molecule has 0 bridgehead atoms. The summed E-state index contributed by atoms with van der Waals surface area (Å²) in [4.78, 5) is 62.8. The van der Waals surface area contributed by atoms with Crippen molar-refractivity contribution in [2.45, 2.75) is 91.9 Å². The molecule has 360 valence electrons. The molecule has 0 spiro atoms. The average Bonchev–Trinajstić information content (AvgIpc) is 3.37. The Bertz CT molecular complexity index is 3660. The highest BCUT2D eigenvalue weighted by Gasteiger charge is 2.40. The summed E-state index contributed by atoms with van der Waals surface area (Å²) in [6.07, 6.45) is 3.79. The lowest BCUT2D eigenvalue weighted by molar-refractivity contribution is 0.0579. The number of anilines is 1. The maximum absolute atomic E-state index is 15.2. The van der Waals surface area contributed by atoms with Crippen molar-refractivity contribution in [1.82, 2.24) is 4.90 Å². The van der Waals surface area contributed by atoms with Gasteiger partial charge < -0.3 is 9.47 Å². The number of ether oxygens (including phenoxy) is 2. The van der Waals surface area contributed by atoms with Crippen LogP contribution in [-0.4, -0.2) is 35.1 Å². The van der Waals surface area contributed by atoms with Gasteiger partial charge in [-0.05, 0) is 117 Å². The Morgan fingerprint density at radius 2 is 0.931 bits per heavy atom. The molecule has 0 fully saturated rings. The number of fused-ring (bicyclic) bond motifs is 2. The summed E-state index contributed by atoms with van der Waals surface area (Å²) in [5, 5.41) is 5.04. The minimum Gasteiger partial charge on any atom is -0.457 e. The third-order valence-electron chi connectivity index (χ3n) is 15.0. The van der Waals surface area contributed by atoms with Crippen molar-refractivity contribution in [3.05, 3.63) is 173 Å². The van der Waals surface area contributed by atoms with Gasteiger partial charge in [0.25, 0.3) is 23.6 Å². The van der Waals surface area contributed by atoms with E-state index >= 15 is 9.59 Å². The van der Waals surface area contributed by atoms with Crippen molar-refractivity contribution in [2.24, 2.45) is 5.92 Å². The van der Waals surface area contributed by atoms with Gasteiger partial charge in [-0.25, -0.2) is 4.90 Å². The lowest BCUT2D eigenvalue weighted by Crippen LogP contribution is -2.43. The van der Waals surface area contributed by atoms with Crippen LogP contribution >= 0.6 is 0 Å². The quantitative estimate of drug-likeness (QED) is 0.0688. The molecule has 2 heterocycles. The van der Waals surface area contributed by atoms with Crippen molar-refractivity contribution in [3.63, 3.8) is 0 Å². The summed E-state index contributed by atoms with van der Waals surface area (Å²) in [5.41, 5.74) is 5.98. The normalized spacial score (nSPS) is 14.4. The number of amides is 4. The van der Waals surface area contributed by atoms with Gasteiger partial charge in [-0.15, -0.1) is 0 Å². The van der Waals surface area contributed by atoms with Gasteiger partial charge in [0.15, 0.2) is 0 Å². The van der Waals surface area contributed by atoms with E-state index in [0.717, 1.165) is 47.9 Å². The van der Waals surface area contributed by atoms with Gasteiger partial charge in [-0.1, -0.05) is 154 Å². The molecule has 0 aliphatic carbocycles. The Kier molecular flexibility index (Phi) is 11.3. The molecule has 8 heteroatoms. The molecule has 8 nitrogen and oxygen atoms in total. The zero-order valence-corrected chi connectivity index (χ0v) is 42.2. The predicted molar refractivity (Wildman–Crippen MR) is 290 cm³/mol. The number of rotatable bonds is 12. The van der Waals surface area contributed by atoms with E-state index in [2.05, 4.69) is 67.5 Å². The Balaban J connectivity index is 1.18. The molecule has 1 unspecified atom stereocenters. The fourth-order valence-electron chi connectivity index (χ4n) is 10.9. The van der Waals surface area contributed by atoms with E-state index in [1.165, 1.54) is 9.80 Å². The van der Waals surface area contributed by atoms with Crippen molar-refractivity contribution in [2.75, 3.05) is 11.4 Å². The smallest absolute Gasteiger partial charge is 0.266 e. The second-order valence-corrected chi connectivity index (χ2v) is 21.7. The number of carbonyl (C=O) groups is 4. The summed E-state index contributed by atoms with van der Waals surface area (Å²) >= 11 is 0. The maximum atomic E-state index is 15.2. The first-order valence-electron chi connectivity index (χ1n) is 25.3. The lowest BCUT2D eigenvalue weighted by Gasteiger charge is -2.32. The van der Waals surface area contributed by atoms with Gasteiger partial charge in [0, 0.05) is 50.0 Å². The van der Waals surface area contributed by atoms with Gasteiger partial charge >= 0.3 is 0 Å². The molecule has 11 rings (SSSR count). The molecule has 9 aromatic carbocycles. The van der Waals surface area contributed by atoms with Gasteiger partial charge in [-0.2, -0.15) is 0 Å². The molecular weight excluding hydrogens is 893 g/mol. The van der Waals surface area contributed by atoms with Crippen LogP contribution in [0.5, 0.6) is 23.0 Å². The van der Waals surface area contributed by atoms with Gasteiger partial charge in [-0.3, -0.25) is 24.1 Å². The van der Waals surface area contributed by atoms with Crippen LogP contribution in [0.25, 0.3) is 54.2 Å². The van der Waals surface area contributed by atoms with Crippen LogP contribution in [-0.2, 0) is 10.8 Å². The largest absolute Gasteiger partial charge is 0.457 e. The van der Waals surface area contributed by atoms with Crippen LogP contribution in [0.3, 0.4) is 0 Å².